The molecule has 110 valence electrons. The summed E-state index contributed by atoms with van der Waals surface area (Å²) >= 11 is 0. The molecule has 1 atom stereocenters. The number of hydrogen-bond acceptors (Lipinski definition) is 2. The fraction of sp³-hybridized carbons (Fsp3) is 0.500. The molecular weight excluding hydrogens is 281 g/mol. The second-order valence-electron chi connectivity index (χ2n) is 5.45. The van der Waals surface area contributed by atoms with Crippen molar-refractivity contribution >= 4 is 5.65 Å². The summed E-state index contributed by atoms with van der Waals surface area (Å²) in [5.74, 6) is -0.714. The third kappa shape index (κ3) is 2.46. The van der Waals surface area contributed by atoms with Crippen LogP contribution >= 0.6 is 0 Å². The van der Waals surface area contributed by atoms with Crippen molar-refractivity contribution in [1.82, 2.24) is 14.4 Å². The highest BCUT2D eigenvalue weighted by Crippen LogP contribution is 2.35. The zero-order valence-corrected chi connectivity index (χ0v) is 11.0. The van der Waals surface area contributed by atoms with Gasteiger partial charge in [-0.3, -0.25) is 4.40 Å². The van der Waals surface area contributed by atoms with E-state index < -0.39 is 29.4 Å². The Labute approximate surface area is 111 Å². The van der Waals surface area contributed by atoms with Crippen molar-refractivity contribution in [3.63, 3.8) is 0 Å². The van der Waals surface area contributed by atoms with Crippen LogP contribution in [0.2, 0.25) is 0 Å². The average Bonchev–Trinajstić information content (AvgIpc) is 2.64. The number of alkyl halides is 4. The number of rotatable bonds is 1. The first kappa shape index (κ1) is 14.7. The zero-order chi connectivity index (χ0) is 15.3. The lowest BCUT2D eigenvalue weighted by molar-refractivity contribution is -0.183. The number of aromatic nitrogens is 3. The molecule has 0 N–H and O–H groups in total. The molecule has 2 aromatic heterocycles. The normalized spacial score (nSPS) is 14.8. The SMILES string of the molecule is CC(C)(C)c1nc2cc(C(F)C(F)(F)F)ncn2c1F. The Morgan fingerprint density at radius 2 is 1.80 bits per heavy atom. The summed E-state index contributed by atoms with van der Waals surface area (Å²) in [5, 5.41) is 0. The second kappa shape index (κ2) is 4.39. The van der Waals surface area contributed by atoms with E-state index in [1.165, 1.54) is 0 Å². The standard InChI is InChI=1S/C12H12F5N3/c1-11(2,3)9-10(14)20-5-18-6(4-7(20)19-9)8(13)12(15,16)17/h4-5,8H,1-3H3. The monoisotopic (exact) mass is 293 g/mol. The van der Waals surface area contributed by atoms with Crippen LogP contribution in [0.15, 0.2) is 12.4 Å². The highest BCUT2D eigenvalue weighted by atomic mass is 19.4. The van der Waals surface area contributed by atoms with Crippen LogP contribution < -0.4 is 0 Å². The fourth-order valence-electron chi connectivity index (χ4n) is 1.72. The van der Waals surface area contributed by atoms with Crippen molar-refractivity contribution in [1.29, 1.82) is 0 Å². The van der Waals surface area contributed by atoms with Crippen LogP contribution in [0.5, 0.6) is 0 Å². The van der Waals surface area contributed by atoms with Gasteiger partial charge in [0.15, 0.2) is 0 Å². The maximum Gasteiger partial charge on any atom is 0.425 e. The van der Waals surface area contributed by atoms with Crippen LogP contribution in [0.1, 0.15) is 38.3 Å². The van der Waals surface area contributed by atoms with E-state index in [4.69, 9.17) is 0 Å². The first-order valence-corrected chi connectivity index (χ1v) is 5.76. The van der Waals surface area contributed by atoms with Crippen molar-refractivity contribution in [2.24, 2.45) is 0 Å². The number of nitrogens with zero attached hydrogens (tertiary/aromatic N) is 3. The molecule has 1 unspecified atom stereocenters. The lowest BCUT2D eigenvalue weighted by atomic mass is 9.93. The number of fused-ring (bicyclic) bond motifs is 1. The molecule has 8 heteroatoms. The summed E-state index contributed by atoms with van der Waals surface area (Å²) in [7, 11) is 0. The summed E-state index contributed by atoms with van der Waals surface area (Å²) in [4.78, 5) is 7.24. The van der Waals surface area contributed by atoms with Gasteiger partial charge < -0.3 is 0 Å². The van der Waals surface area contributed by atoms with Gasteiger partial charge in [0.25, 0.3) is 0 Å². The predicted octanol–water partition coefficient (Wildman–Crippen LogP) is 3.74. The minimum Gasteiger partial charge on any atom is -0.259 e. The Morgan fingerprint density at radius 1 is 1.20 bits per heavy atom. The third-order valence-corrected chi connectivity index (χ3v) is 2.74. The van der Waals surface area contributed by atoms with E-state index in [0.29, 0.717) is 0 Å². The predicted molar refractivity (Wildman–Crippen MR) is 61.5 cm³/mol. The fourth-order valence-corrected chi connectivity index (χ4v) is 1.72. The van der Waals surface area contributed by atoms with Gasteiger partial charge in [-0.15, -0.1) is 0 Å². The molecule has 0 bridgehead atoms. The van der Waals surface area contributed by atoms with Gasteiger partial charge in [0.05, 0.1) is 5.69 Å². The number of imidazole rings is 1. The van der Waals surface area contributed by atoms with E-state index in [1.807, 2.05) is 0 Å². The van der Waals surface area contributed by atoms with E-state index in [0.717, 1.165) is 16.8 Å². The summed E-state index contributed by atoms with van der Waals surface area (Å²) in [6.07, 6.45) is -7.46. The van der Waals surface area contributed by atoms with Crippen molar-refractivity contribution < 1.29 is 22.0 Å². The Balaban J connectivity index is 2.56. The van der Waals surface area contributed by atoms with Crippen LogP contribution in [0.25, 0.3) is 5.65 Å². The van der Waals surface area contributed by atoms with Gasteiger partial charge in [-0.1, -0.05) is 20.8 Å². The molecule has 0 aliphatic rings. The molecule has 0 radical (unpaired) electrons. The maximum atomic E-state index is 14.0. The molecular formula is C12H12F5N3. The average molecular weight is 293 g/mol. The molecule has 2 rings (SSSR count). The van der Waals surface area contributed by atoms with Crippen LogP contribution in [0, 0.1) is 5.95 Å². The van der Waals surface area contributed by atoms with E-state index in [-0.39, 0.29) is 11.3 Å². The molecule has 0 aliphatic carbocycles. The molecule has 0 fully saturated rings. The topological polar surface area (TPSA) is 30.2 Å². The van der Waals surface area contributed by atoms with Crippen LogP contribution in [0.4, 0.5) is 22.0 Å². The smallest absolute Gasteiger partial charge is 0.259 e. The summed E-state index contributed by atoms with van der Waals surface area (Å²) in [6.45, 7) is 5.12. The Morgan fingerprint density at radius 3 is 2.30 bits per heavy atom. The van der Waals surface area contributed by atoms with Gasteiger partial charge in [-0.25, -0.2) is 14.4 Å². The molecule has 2 heterocycles. The van der Waals surface area contributed by atoms with Gasteiger partial charge in [0.1, 0.15) is 17.7 Å². The number of hydrogen-bond donors (Lipinski definition) is 0. The molecule has 0 aromatic carbocycles. The molecule has 0 spiro atoms. The minimum atomic E-state index is -5.05. The molecule has 0 saturated heterocycles. The van der Waals surface area contributed by atoms with Crippen molar-refractivity contribution in [3.8, 4) is 0 Å². The summed E-state index contributed by atoms with van der Waals surface area (Å²) in [6, 6.07) is 0.802. The maximum absolute atomic E-state index is 14.0. The second-order valence-corrected chi connectivity index (χ2v) is 5.45. The van der Waals surface area contributed by atoms with Crippen LogP contribution in [-0.4, -0.2) is 20.5 Å². The number of halogens is 5. The Bertz CT molecular complexity index is 639. The van der Waals surface area contributed by atoms with Crippen LogP contribution in [0.3, 0.4) is 0 Å². The van der Waals surface area contributed by atoms with Gasteiger partial charge in [-0.2, -0.15) is 17.6 Å². The molecule has 20 heavy (non-hydrogen) atoms. The van der Waals surface area contributed by atoms with E-state index >= 15 is 0 Å². The van der Waals surface area contributed by atoms with Gasteiger partial charge in [0, 0.05) is 11.5 Å². The summed E-state index contributed by atoms with van der Waals surface area (Å²) in [5.41, 5.74) is -1.49. The van der Waals surface area contributed by atoms with Gasteiger partial charge >= 0.3 is 6.18 Å². The largest absolute Gasteiger partial charge is 0.425 e. The summed E-state index contributed by atoms with van der Waals surface area (Å²) < 4.78 is 65.0. The third-order valence-electron chi connectivity index (χ3n) is 2.74. The van der Waals surface area contributed by atoms with Crippen molar-refractivity contribution in [2.75, 3.05) is 0 Å². The highest BCUT2D eigenvalue weighted by Gasteiger charge is 2.42. The van der Waals surface area contributed by atoms with Crippen LogP contribution in [-0.2, 0) is 5.41 Å². The minimum absolute atomic E-state index is 0.0823. The quantitative estimate of drug-likeness (QED) is 0.750. The Kier molecular flexibility index (Phi) is 3.22. The van der Waals surface area contributed by atoms with Gasteiger partial charge in [0.2, 0.25) is 12.1 Å². The molecule has 0 amide bonds. The van der Waals surface area contributed by atoms with Crippen molar-refractivity contribution in [3.05, 3.63) is 29.7 Å². The van der Waals surface area contributed by atoms with E-state index in [2.05, 4.69) is 9.97 Å². The molecule has 2 aromatic rings. The molecule has 0 aliphatic heterocycles. The highest BCUT2D eigenvalue weighted by molar-refractivity contribution is 5.43. The van der Waals surface area contributed by atoms with Crippen molar-refractivity contribution in [2.45, 2.75) is 38.5 Å². The lowest BCUT2D eigenvalue weighted by Gasteiger charge is -2.14. The van der Waals surface area contributed by atoms with E-state index in [1.54, 1.807) is 20.8 Å². The molecule has 3 nitrogen and oxygen atoms in total. The first-order chi connectivity index (χ1) is 9.01. The first-order valence-electron chi connectivity index (χ1n) is 5.76. The van der Waals surface area contributed by atoms with E-state index in [9.17, 15) is 22.0 Å². The van der Waals surface area contributed by atoms with Gasteiger partial charge in [-0.05, 0) is 0 Å². The molecule has 0 saturated carbocycles. The zero-order valence-electron chi connectivity index (χ0n) is 11.0. The Hall–Kier alpha value is -1.73. The lowest BCUT2D eigenvalue weighted by Crippen LogP contribution is -2.18.